The van der Waals surface area contributed by atoms with Gasteiger partial charge >= 0.3 is 0 Å². The molecule has 1 unspecified atom stereocenters. The standard InChI is InChI=1S/C21H31FN4OS.HI/c1-2-23-21(24-12-14-28-19-9-7-17(22)8-10-19)25-18-11-13-26(15-18)20(27)16-5-3-4-6-16;/h7-10,16,18H,2-6,11-15H2,1H3,(H2,23,24,25);1H. The highest BCUT2D eigenvalue weighted by atomic mass is 127. The number of hydrogen-bond donors (Lipinski definition) is 2. The Morgan fingerprint density at radius 1 is 1.24 bits per heavy atom. The minimum Gasteiger partial charge on any atom is -0.357 e. The van der Waals surface area contributed by atoms with Gasteiger partial charge in [-0.25, -0.2) is 4.39 Å². The number of hydrogen-bond acceptors (Lipinski definition) is 3. The average molecular weight is 534 g/mol. The van der Waals surface area contributed by atoms with Gasteiger partial charge in [0.05, 0.1) is 6.54 Å². The number of carbonyl (C=O) groups excluding carboxylic acids is 1. The van der Waals surface area contributed by atoms with Gasteiger partial charge in [-0.3, -0.25) is 9.79 Å². The number of likely N-dealkylation sites (tertiary alicyclic amines) is 1. The summed E-state index contributed by atoms with van der Waals surface area (Å²) in [5, 5.41) is 6.78. The van der Waals surface area contributed by atoms with Crippen molar-refractivity contribution < 1.29 is 9.18 Å². The molecule has 1 saturated heterocycles. The number of aliphatic imine (C=N–C) groups is 1. The fourth-order valence-electron chi connectivity index (χ4n) is 3.87. The second-order valence-electron chi connectivity index (χ2n) is 7.46. The Morgan fingerprint density at radius 2 is 1.97 bits per heavy atom. The molecule has 1 amide bonds. The Labute approximate surface area is 194 Å². The third-order valence-electron chi connectivity index (χ3n) is 5.33. The maximum Gasteiger partial charge on any atom is 0.225 e. The Balaban J connectivity index is 0.00000300. The van der Waals surface area contributed by atoms with Crippen LogP contribution in [0, 0.1) is 11.7 Å². The monoisotopic (exact) mass is 534 g/mol. The van der Waals surface area contributed by atoms with Crippen LogP contribution in [-0.4, -0.2) is 54.7 Å². The predicted molar refractivity (Wildman–Crippen MR) is 129 cm³/mol. The van der Waals surface area contributed by atoms with Crippen LogP contribution in [0.1, 0.15) is 39.0 Å². The Morgan fingerprint density at radius 3 is 2.66 bits per heavy atom. The van der Waals surface area contributed by atoms with Crippen LogP contribution >= 0.6 is 35.7 Å². The van der Waals surface area contributed by atoms with Gasteiger partial charge in [-0.05, 0) is 50.5 Å². The molecule has 1 heterocycles. The molecular weight excluding hydrogens is 502 g/mol. The van der Waals surface area contributed by atoms with Gasteiger partial charge in [-0.1, -0.05) is 12.8 Å². The lowest BCUT2D eigenvalue weighted by molar-refractivity contribution is -0.134. The zero-order valence-electron chi connectivity index (χ0n) is 17.0. The molecule has 0 radical (unpaired) electrons. The number of guanidine groups is 1. The third kappa shape index (κ3) is 7.62. The van der Waals surface area contributed by atoms with E-state index in [9.17, 15) is 9.18 Å². The molecule has 29 heavy (non-hydrogen) atoms. The highest BCUT2D eigenvalue weighted by molar-refractivity contribution is 14.0. The van der Waals surface area contributed by atoms with E-state index in [1.807, 2.05) is 4.90 Å². The fraction of sp³-hybridized carbons (Fsp3) is 0.619. The predicted octanol–water partition coefficient (Wildman–Crippen LogP) is 3.88. The first-order valence-corrected chi connectivity index (χ1v) is 11.4. The number of benzene rings is 1. The molecule has 2 N–H and O–H groups in total. The smallest absolute Gasteiger partial charge is 0.225 e. The summed E-state index contributed by atoms with van der Waals surface area (Å²) >= 11 is 1.67. The summed E-state index contributed by atoms with van der Waals surface area (Å²) in [5.74, 6) is 2.03. The molecule has 0 aromatic heterocycles. The van der Waals surface area contributed by atoms with Crippen LogP contribution in [-0.2, 0) is 4.79 Å². The topological polar surface area (TPSA) is 56.7 Å². The lowest BCUT2D eigenvalue weighted by Gasteiger charge is -2.21. The second-order valence-corrected chi connectivity index (χ2v) is 8.63. The molecule has 0 bridgehead atoms. The number of rotatable bonds is 7. The Bertz CT molecular complexity index is 667. The average Bonchev–Trinajstić information content (AvgIpc) is 3.38. The molecule has 2 fully saturated rings. The molecule has 1 saturated carbocycles. The molecule has 2 aliphatic rings. The fourth-order valence-corrected chi connectivity index (χ4v) is 4.62. The van der Waals surface area contributed by atoms with E-state index >= 15 is 0 Å². The summed E-state index contributed by atoms with van der Waals surface area (Å²) in [6.45, 7) is 5.13. The molecule has 1 aromatic rings. The van der Waals surface area contributed by atoms with Crippen LogP contribution in [0.5, 0.6) is 0 Å². The minimum absolute atomic E-state index is 0. The first-order chi connectivity index (χ1) is 13.7. The van der Waals surface area contributed by atoms with Crippen molar-refractivity contribution in [1.29, 1.82) is 0 Å². The minimum atomic E-state index is -0.210. The van der Waals surface area contributed by atoms with Crippen LogP contribution in [0.25, 0.3) is 0 Å². The number of amides is 1. The molecule has 0 spiro atoms. The van der Waals surface area contributed by atoms with Crippen LogP contribution in [0.15, 0.2) is 34.2 Å². The normalized spacial score (nSPS) is 19.9. The molecule has 1 aromatic carbocycles. The first kappa shape index (κ1) is 24.2. The molecule has 5 nitrogen and oxygen atoms in total. The van der Waals surface area contributed by atoms with Gasteiger partial charge < -0.3 is 15.5 Å². The lowest BCUT2D eigenvalue weighted by Crippen LogP contribution is -2.45. The van der Waals surface area contributed by atoms with Crippen LogP contribution < -0.4 is 10.6 Å². The van der Waals surface area contributed by atoms with E-state index in [-0.39, 0.29) is 41.8 Å². The van der Waals surface area contributed by atoms with E-state index < -0.39 is 0 Å². The van der Waals surface area contributed by atoms with Gasteiger partial charge in [0.2, 0.25) is 5.91 Å². The van der Waals surface area contributed by atoms with Gasteiger partial charge in [-0.15, -0.1) is 35.7 Å². The van der Waals surface area contributed by atoms with E-state index in [4.69, 9.17) is 0 Å². The van der Waals surface area contributed by atoms with E-state index in [0.717, 1.165) is 55.5 Å². The van der Waals surface area contributed by atoms with Crippen molar-refractivity contribution in [1.82, 2.24) is 15.5 Å². The van der Waals surface area contributed by atoms with E-state index in [0.29, 0.717) is 12.5 Å². The lowest BCUT2D eigenvalue weighted by atomic mass is 10.1. The molecule has 1 aliphatic carbocycles. The molecule has 8 heteroatoms. The van der Waals surface area contributed by atoms with E-state index in [1.54, 1.807) is 23.9 Å². The molecule has 3 rings (SSSR count). The number of carbonyl (C=O) groups is 1. The molecule has 162 valence electrons. The first-order valence-electron chi connectivity index (χ1n) is 10.4. The van der Waals surface area contributed by atoms with Gasteiger partial charge in [0, 0.05) is 42.2 Å². The number of nitrogens with one attached hydrogen (secondary N) is 2. The highest BCUT2D eigenvalue weighted by Crippen LogP contribution is 2.27. The second kappa shape index (κ2) is 12.6. The maximum atomic E-state index is 13.0. The summed E-state index contributed by atoms with van der Waals surface area (Å²) in [4.78, 5) is 20.3. The van der Waals surface area contributed by atoms with Crippen molar-refractivity contribution in [3.05, 3.63) is 30.1 Å². The summed E-state index contributed by atoms with van der Waals surface area (Å²) in [6, 6.07) is 6.81. The zero-order chi connectivity index (χ0) is 19.8. The maximum absolute atomic E-state index is 13.0. The largest absolute Gasteiger partial charge is 0.357 e. The van der Waals surface area contributed by atoms with Crippen LogP contribution in [0.4, 0.5) is 4.39 Å². The van der Waals surface area contributed by atoms with Crippen molar-refractivity contribution in [3.63, 3.8) is 0 Å². The third-order valence-corrected chi connectivity index (χ3v) is 6.33. The molecular formula is C21H32FIN4OS. The van der Waals surface area contributed by atoms with Gasteiger partial charge in [0.1, 0.15) is 5.82 Å². The highest BCUT2D eigenvalue weighted by Gasteiger charge is 2.32. The number of thioether (sulfide) groups is 1. The Kier molecular flexibility index (Phi) is 10.5. The van der Waals surface area contributed by atoms with Crippen molar-refractivity contribution in [3.8, 4) is 0 Å². The van der Waals surface area contributed by atoms with Crippen molar-refractivity contribution in [2.75, 3.05) is 31.9 Å². The Hall–Kier alpha value is -1.03. The SMILES string of the molecule is CCNC(=NCCSc1ccc(F)cc1)NC1CCN(C(=O)C2CCCC2)C1.I. The summed E-state index contributed by atoms with van der Waals surface area (Å²) < 4.78 is 13.0. The quantitative estimate of drug-likeness (QED) is 0.183. The molecule has 1 aliphatic heterocycles. The van der Waals surface area contributed by atoms with Crippen molar-refractivity contribution >= 4 is 47.6 Å². The van der Waals surface area contributed by atoms with Gasteiger partial charge in [-0.2, -0.15) is 0 Å². The van der Waals surface area contributed by atoms with Crippen molar-refractivity contribution in [2.24, 2.45) is 10.9 Å². The number of halogens is 2. The summed E-state index contributed by atoms with van der Waals surface area (Å²) in [5.41, 5.74) is 0. The zero-order valence-corrected chi connectivity index (χ0v) is 20.2. The van der Waals surface area contributed by atoms with E-state index in [1.165, 1.54) is 25.0 Å². The van der Waals surface area contributed by atoms with Gasteiger partial charge in [0.25, 0.3) is 0 Å². The van der Waals surface area contributed by atoms with Crippen LogP contribution in [0.3, 0.4) is 0 Å². The van der Waals surface area contributed by atoms with Gasteiger partial charge in [0.15, 0.2) is 5.96 Å². The molecule has 1 atom stereocenters. The summed E-state index contributed by atoms with van der Waals surface area (Å²) in [6.07, 6.45) is 5.47. The van der Waals surface area contributed by atoms with Crippen molar-refractivity contribution in [2.45, 2.75) is 50.0 Å². The summed E-state index contributed by atoms with van der Waals surface area (Å²) in [7, 11) is 0. The number of nitrogens with zero attached hydrogens (tertiary/aromatic N) is 2. The van der Waals surface area contributed by atoms with E-state index in [2.05, 4.69) is 22.5 Å². The van der Waals surface area contributed by atoms with Crippen LogP contribution in [0.2, 0.25) is 0 Å².